The fourth-order valence-corrected chi connectivity index (χ4v) is 1.52. The monoisotopic (exact) mass is 217 g/mol. The van der Waals surface area contributed by atoms with E-state index in [9.17, 15) is 14.4 Å². The third-order valence-corrected chi connectivity index (χ3v) is 2.18. The van der Waals surface area contributed by atoms with E-state index in [4.69, 9.17) is 5.11 Å². The summed E-state index contributed by atoms with van der Waals surface area (Å²) in [5.41, 5.74) is 1.07. The summed E-state index contributed by atoms with van der Waals surface area (Å²) >= 11 is 0. The Bertz CT molecular complexity index is 531. The molecule has 1 aromatic rings. The molecule has 1 aliphatic heterocycles. The number of Topliss-reactive ketones (excluding diaryl/α,β-unsaturated/α-hetero) is 1. The van der Waals surface area contributed by atoms with Gasteiger partial charge in [0.1, 0.15) is 0 Å². The summed E-state index contributed by atoms with van der Waals surface area (Å²) in [5, 5.41) is 10.9. The molecule has 0 aliphatic carbocycles. The van der Waals surface area contributed by atoms with Gasteiger partial charge in [-0.3, -0.25) is 9.59 Å². The highest BCUT2D eigenvalue weighted by molar-refractivity contribution is 6.52. The first-order chi connectivity index (χ1) is 7.59. The van der Waals surface area contributed by atoms with Gasteiger partial charge in [0.15, 0.2) is 0 Å². The number of benzene rings is 1. The van der Waals surface area contributed by atoms with Crippen LogP contribution in [0.4, 0.5) is 5.69 Å². The van der Waals surface area contributed by atoms with Crippen LogP contribution in [-0.2, 0) is 9.59 Å². The van der Waals surface area contributed by atoms with Gasteiger partial charge in [-0.15, -0.1) is 0 Å². The molecule has 1 aliphatic rings. The zero-order valence-corrected chi connectivity index (χ0v) is 8.06. The fraction of sp³-hybridized carbons (Fsp3) is 0. The van der Waals surface area contributed by atoms with Gasteiger partial charge in [0, 0.05) is 6.08 Å². The zero-order valence-electron chi connectivity index (χ0n) is 8.06. The lowest BCUT2D eigenvalue weighted by molar-refractivity contribution is -0.131. The molecule has 0 spiro atoms. The molecule has 0 radical (unpaired) electrons. The first-order valence-corrected chi connectivity index (χ1v) is 4.49. The Morgan fingerprint density at radius 3 is 2.75 bits per heavy atom. The van der Waals surface area contributed by atoms with E-state index in [-0.39, 0.29) is 5.56 Å². The second-order valence-corrected chi connectivity index (χ2v) is 3.22. The highest BCUT2D eigenvalue weighted by Crippen LogP contribution is 2.26. The molecule has 0 aromatic heterocycles. The lowest BCUT2D eigenvalue weighted by atomic mass is 10.0. The van der Waals surface area contributed by atoms with Crippen LogP contribution in [0.3, 0.4) is 0 Å². The van der Waals surface area contributed by atoms with Gasteiger partial charge < -0.3 is 10.4 Å². The summed E-state index contributed by atoms with van der Waals surface area (Å²) in [6.45, 7) is 0. The van der Waals surface area contributed by atoms with Crippen molar-refractivity contribution in [3.8, 4) is 0 Å². The molecule has 0 saturated carbocycles. The zero-order chi connectivity index (χ0) is 11.7. The molecule has 1 aromatic carbocycles. The summed E-state index contributed by atoms with van der Waals surface area (Å²) in [4.78, 5) is 33.0. The average Bonchev–Trinajstić information content (AvgIpc) is 2.52. The van der Waals surface area contributed by atoms with E-state index in [1.165, 1.54) is 6.08 Å². The van der Waals surface area contributed by atoms with Crippen molar-refractivity contribution in [3.63, 3.8) is 0 Å². The number of anilines is 1. The average molecular weight is 217 g/mol. The molecule has 2 N–H and O–H groups in total. The largest absolute Gasteiger partial charge is 0.478 e. The van der Waals surface area contributed by atoms with E-state index in [1.54, 1.807) is 18.2 Å². The number of carboxylic acid groups (broad SMARTS) is 1. The lowest BCUT2D eigenvalue weighted by Crippen LogP contribution is -2.12. The van der Waals surface area contributed by atoms with E-state index in [2.05, 4.69) is 5.32 Å². The van der Waals surface area contributed by atoms with Gasteiger partial charge in [0.05, 0.1) is 11.3 Å². The van der Waals surface area contributed by atoms with Crippen molar-refractivity contribution in [1.82, 2.24) is 0 Å². The van der Waals surface area contributed by atoms with Crippen molar-refractivity contribution >= 4 is 29.4 Å². The van der Waals surface area contributed by atoms with Crippen molar-refractivity contribution in [2.24, 2.45) is 0 Å². The number of carboxylic acids is 1. The maximum absolute atomic E-state index is 11.5. The number of amides is 1. The minimum atomic E-state index is -1.11. The van der Waals surface area contributed by atoms with Gasteiger partial charge in [-0.1, -0.05) is 12.1 Å². The van der Waals surface area contributed by atoms with Crippen molar-refractivity contribution < 1.29 is 19.5 Å². The van der Waals surface area contributed by atoms with Crippen LogP contribution >= 0.6 is 0 Å². The van der Waals surface area contributed by atoms with Crippen LogP contribution in [0.1, 0.15) is 15.9 Å². The molecule has 5 nitrogen and oxygen atoms in total. The Kier molecular flexibility index (Phi) is 2.28. The number of nitrogens with one attached hydrogen (secondary N) is 1. The second-order valence-electron chi connectivity index (χ2n) is 3.22. The van der Waals surface area contributed by atoms with Crippen LogP contribution in [0.2, 0.25) is 0 Å². The molecule has 0 saturated heterocycles. The molecule has 16 heavy (non-hydrogen) atoms. The smallest absolute Gasteiger partial charge is 0.328 e. The number of ketones is 1. The normalized spacial score (nSPS) is 14.0. The van der Waals surface area contributed by atoms with E-state index < -0.39 is 17.7 Å². The van der Waals surface area contributed by atoms with Crippen molar-refractivity contribution in [2.75, 3.05) is 5.32 Å². The van der Waals surface area contributed by atoms with Gasteiger partial charge in [-0.25, -0.2) is 4.79 Å². The summed E-state index contributed by atoms with van der Waals surface area (Å²) in [5.74, 6) is -2.44. The first-order valence-electron chi connectivity index (χ1n) is 4.49. The van der Waals surface area contributed by atoms with E-state index in [0.717, 1.165) is 6.08 Å². The Labute approximate surface area is 90.4 Å². The summed E-state index contributed by atoms with van der Waals surface area (Å²) in [6.07, 6.45) is 2.21. The summed E-state index contributed by atoms with van der Waals surface area (Å²) in [6, 6.07) is 4.81. The number of fused-ring (bicyclic) bond motifs is 1. The van der Waals surface area contributed by atoms with Gasteiger partial charge in [0.2, 0.25) is 0 Å². The van der Waals surface area contributed by atoms with Crippen molar-refractivity contribution in [1.29, 1.82) is 0 Å². The standard InChI is InChI=1S/C11H7NO4/c13-8(14)5-4-6-2-1-3-7-9(6)10(15)11(16)12-7/h1-5H,(H,13,14)(H,12,15,16)/b5-4+. The minimum Gasteiger partial charge on any atom is -0.478 e. The molecule has 1 heterocycles. The molecule has 0 fully saturated rings. The lowest BCUT2D eigenvalue weighted by Gasteiger charge is -1.99. The van der Waals surface area contributed by atoms with Gasteiger partial charge in [-0.2, -0.15) is 0 Å². The highest BCUT2D eigenvalue weighted by Gasteiger charge is 2.29. The maximum atomic E-state index is 11.5. The minimum absolute atomic E-state index is 0.227. The molecule has 2 rings (SSSR count). The number of hydrogen-bond donors (Lipinski definition) is 2. The number of carbonyl (C=O) groups is 3. The van der Waals surface area contributed by atoms with Crippen LogP contribution in [0.15, 0.2) is 24.3 Å². The molecule has 0 unspecified atom stereocenters. The third kappa shape index (κ3) is 1.58. The molecular weight excluding hydrogens is 210 g/mol. The van der Waals surface area contributed by atoms with Crippen molar-refractivity contribution in [3.05, 3.63) is 35.4 Å². The Balaban J connectivity index is 2.50. The predicted octanol–water partition coefficient (Wildman–Crippen LogP) is 0.919. The first kappa shape index (κ1) is 10.1. The maximum Gasteiger partial charge on any atom is 0.328 e. The van der Waals surface area contributed by atoms with Crippen LogP contribution in [0, 0.1) is 0 Å². The van der Waals surface area contributed by atoms with E-state index >= 15 is 0 Å². The van der Waals surface area contributed by atoms with Gasteiger partial charge in [-0.05, 0) is 17.7 Å². The second kappa shape index (κ2) is 3.62. The van der Waals surface area contributed by atoms with Crippen LogP contribution in [0.25, 0.3) is 6.08 Å². The topological polar surface area (TPSA) is 83.5 Å². The molecule has 5 heteroatoms. The van der Waals surface area contributed by atoms with E-state index in [1.807, 2.05) is 0 Å². The molecule has 0 atom stereocenters. The van der Waals surface area contributed by atoms with Crippen LogP contribution in [0.5, 0.6) is 0 Å². The van der Waals surface area contributed by atoms with Gasteiger partial charge in [0.25, 0.3) is 11.7 Å². The SMILES string of the molecule is O=C(O)/C=C/c1cccc2c1C(=O)C(=O)N2. The van der Waals surface area contributed by atoms with Crippen LogP contribution < -0.4 is 5.32 Å². The summed E-state index contributed by atoms with van der Waals surface area (Å²) in [7, 11) is 0. The summed E-state index contributed by atoms with van der Waals surface area (Å²) < 4.78 is 0. The Morgan fingerprint density at radius 2 is 2.06 bits per heavy atom. The highest BCUT2D eigenvalue weighted by atomic mass is 16.4. The predicted molar refractivity (Wildman–Crippen MR) is 56.1 cm³/mol. The third-order valence-electron chi connectivity index (χ3n) is 2.18. The molecule has 80 valence electrons. The van der Waals surface area contributed by atoms with E-state index in [0.29, 0.717) is 11.3 Å². The van der Waals surface area contributed by atoms with Crippen LogP contribution in [-0.4, -0.2) is 22.8 Å². The number of rotatable bonds is 2. The molecule has 1 amide bonds. The molecular formula is C11H7NO4. The fourth-order valence-electron chi connectivity index (χ4n) is 1.52. The van der Waals surface area contributed by atoms with Crippen molar-refractivity contribution in [2.45, 2.75) is 0 Å². The number of carbonyl (C=O) groups excluding carboxylic acids is 2. The Morgan fingerprint density at radius 1 is 1.31 bits per heavy atom. The quantitative estimate of drug-likeness (QED) is 0.570. The van der Waals surface area contributed by atoms with Gasteiger partial charge >= 0.3 is 5.97 Å². The number of aliphatic carboxylic acids is 1. The number of hydrogen-bond acceptors (Lipinski definition) is 3. The Hall–Kier alpha value is -2.43. The molecule has 0 bridgehead atoms.